The molecule has 2 rings (SSSR count). The van der Waals surface area contributed by atoms with Gasteiger partial charge in [-0.05, 0) is 44.8 Å². The third-order valence-electron chi connectivity index (χ3n) is 2.67. The highest BCUT2D eigenvalue weighted by Gasteiger charge is 2.08. The number of nitrogens with zero attached hydrogens (tertiary/aromatic N) is 3. The summed E-state index contributed by atoms with van der Waals surface area (Å²) in [6.45, 7) is 3.45. The lowest BCUT2D eigenvalue weighted by molar-refractivity contribution is 0.412. The largest absolute Gasteiger partial charge is 0.495 e. The molecule has 2 aromatic rings. The van der Waals surface area contributed by atoms with Crippen molar-refractivity contribution in [2.24, 2.45) is 0 Å². The fourth-order valence-corrected chi connectivity index (χ4v) is 2.98. The smallest absolute Gasteiger partial charge is 0.146 e. The van der Waals surface area contributed by atoms with Gasteiger partial charge in [0.05, 0.1) is 23.8 Å². The molecule has 0 aliphatic carbocycles. The van der Waals surface area contributed by atoms with Gasteiger partial charge in [0.1, 0.15) is 17.9 Å². The minimum Gasteiger partial charge on any atom is -0.495 e. The molecule has 5 nitrogen and oxygen atoms in total. The summed E-state index contributed by atoms with van der Waals surface area (Å²) in [4.78, 5) is 4.23. The third kappa shape index (κ3) is 3.27. The summed E-state index contributed by atoms with van der Waals surface area (Å²) >= 11 is 6.96. The Morgan fingerprint density at radius 2 is 2.11 bits per heavy atom. The van der Waals surface area contributed by atoms with Gasteiger partial charge in [-0.3, -0.25) is 0 Å². The monoisotopic (exact) mass is 388 g/mol. The molecule has 0 spiro atoms. The van der Waals surface area contributed by atoms with Crippen molar-refractivity contribution in [3.05, 3.63) is 33.2 Å². The standard InChI is InChI=1S/C12H14Br2N4O/c1-3-18-12(16-7-17-18)6-15-10-5-11(19-2)9(14)4-8(10)13/h4-5,7,15H,3,6H2,1-2H3. The highest BCUT2D eigenvalue weighted by Crippen LogP contribution is 2.34. The molecule has 0 amide bonds. The van der Waals surface area contributed by atoms with E-state index in [-0.39, 0.29) is 0 Å². The second-order valence-corrected chi connectivity index (χ2v) is 5.52. The number of methoxy groups -OCH3 is 1. The van der Waals surface area contributed by atoms with E-state index >= 15 is 0 Å². The van der Waals surface area contributed by atoms with E-state index in [4.69, 9.17) is 4.74 Å². The number of ether oxygens (including phenoxy) is 1. The van der Waals surface area contributed by atoms with Gasteiger partial charge in [-0.2, -0.15) is 5.10 Å². The van der Waals surface area contributed by atoms with Gasteiger partial charge in [0.25, 0.3) is 0 Å². The highest BCUT2D eigenvalue weighted by molar-refractivity contribution is 9.11. The summed E-state index contributed by atoms with van der Waals surface area (Å²) in [6.07, 6.45) is 1.57. The van der Waals surface area contributed by atoms with Crippen LogP contribution in [0.25, 0.3) is 0 Å². The topological polar surface area (TPSA) is 52.0 Å². The van der Waals surface area contributed by atoms with Crippen LogP contribution in [0.4, 0.5) is 5.69 Å². The lowest BCUT2D eigenvalue weighted by atomic mass is 10.3. The molecule has 1 aromatic heterocycles. The Morgan fingerprint density at radius 3 is 2.79 bits per heavy atom. The number of anilines is 1. The molecule has 1 N–H and O–H groups in total. The SMILES string of the molecule is CCn1ncnc1CNc1cc(OC)c(Br)cc1Br. The molecule has 0 atom stereocenters. The van der Waals surface area contributed by atoms with Crippen molar-refractivity contribution in [1.29, 1.82) is 0 Å². The van der Waals surface area contributed by atoms with Crippen molar-refractivity contribution >= 4 is 37.5 Å². The summed E-state index contributed by atoms with van der Waals surface area (Å²) in [5, 5.41) is 7.46. The zero-order chi connectivity index (χ0) is 13.8. The van der Waals surface area contributed by atoms with Crippen molar-refractivity contribution in [2.45, 2.75) is 20.0 Å². The predicted octanol–water partition coefficient (Wildman–Crippen LogP) is 3.44. The molecule has 0 radical (unpaired) electrons. The highest BCUT2D eigenvalue weighted by atomic mass is 79.9. The van der Waals surface area contributed by atoms with Crippen LogP contribution in [0, 0.1) is 0 Å². The maximum absolute atomic E-state index is 5.28. The van der Waals surface area contributed by atoms with Crippen LogP contribution in [-0.4, -0.2) is 21.9 Å². The first-order valence-electron chi connectivity index (χ1n) is 5.79. The predicted molar refractivity (Wildman–Crippen MR) is 81.4 cm³/mol. The molecular weight excluding hydrogens is 376 g/mol. The van der Waals surface area contributed by atoms with Crippen LogP contribution < -0.4 is 10.1 Å². The van der Waals surface area contributed by atoms with E-state index in [1.165, 1.54) is 0 Å². The number of rotatable bonds is 5. The Balaban J connectivity index is 2.15. The van der Waals surface area contributed by atoms with Crippen molar-refractivity contribution in [2.75, 3.05) is 12.4 Å². The molecule has 1 aromatic carbocycles. The average molecular weight is 390 g/mol. The van der Waals surface area contributed by atoms with E-state index in [2.05, 4.69) is 47.3 Å². The van der Waals surface area contributed by atoms with E-state index in [9.17, 15) is 0 Å². The minimum absolute atomic E-state index is 0.608. The zero-order valence-corrected chi connectivity index (χ0v) is 13.8. The van der Waals surface area contributed by atoms with Crippen LogP contribution >= 0.6 is 31.9 Å². The first-order valence-corrected chi connectivity index (χ1v) is 7.38. The number of halogens is 2. The molecule has 0 aliphatic heterocycles. The van der Waals surface area contributed by atoms with Gasteiger partial charge in [-0.15, -0.1) is 0 Å². The second-order valence-electron chi connectivity index (χ2n) is 3.81. The summed E-state index contributed by atoms with van der Waals surface area (Å²) in [7, 11) is 1.64. The number of nitrogens with one attached hydrogen (secondary N) is 1. The summed E-state index contributed by atoms with van der Waals surface area (Å²) in [5.74, 6) is 1.68. The molecular formula is C12H14Br2N4O. The van der Waals surface area contributed by atoms with E-state index in [1.54, 1.807) is 13.4 Å². The van der Waals surface area contributed by atoms with Crippen molar-refractivity contribution in [3.8, 4) is 5.75 Å². The fraction of sp³-hybridized carbons (Fsp3) is 0.333. The van der Waals surface area contributed by atoms with Crippen molar-refractivity contribution < 1.29 is 4.74 Å². The molecule has 0 aliphatic rings. The molecule has 7 heteroatoms. The van der Waals surface area contributed by atoms with Gasteiger partial charge in [-0.25, -0.2) is 9.67 Å². The van der Waals surface area contributed by atoms with E-state index in [0.717, 1.165) is 32.8 Å². The van der Waals surface area contributed by atoms with Gasteiger partial charge in [0, 0.05) is 17.1 Å². The van der Waals surface area contributed by atoms with Crippen LogP contribution in [0.5, 0.6) is 5.75 Å². The second kappa shape index (κ2) is 6.38. The first kappa shape index (κ1) is 14.3. The van der Waals surface area contributed by atoms with Crippen LogP contribution in [-0.2, 0) is 13.1 Å². The molecule has 19 heavy (non-hydrogen) atoms. The lowest BCUT2D eigenvalue weighted by Gasteiger charge is -2.12. The zero-order valence-electron chi connectivity index (χ0n) is 10.7. The normalized spacial score (nSPS) is 10.5. The molecule has 0 unspecified atom stereocenters. The van der Waals surface area contributed by atoms with Gasteiger partial charge in [0.2, 0.25) is 0 Å². The quantitative estimate of drug-likeness (QED) is 0.850. The molecule has 0 saturated carbocycles. The Morgan fingerprint density at radius 1 is 1.32 bits per heavy atom. The maximum atomic E-state index is 5.28. The van der Waals surface area contributed by atoms with Crippen LogP contribution in [0.2, 0.25) is 0 Å². The van der Waals surface area contributed by atoms with Gasteiger partial charge >= 0.3 is 0 Å². The number of aromatic nitrogens is 3. The van der Waals surface area contributed by atoms with Crippen LogP contribution in [0.3, 0.4) is 0 Å². The average Bonchev–Trinajstić information content (AvgIpc) is 2.85. The third-order valence-corrected chi connectivity index (χ3v) is 3.95. The van der Waals surface area contributed by atoms with Crippen LogP contribution in [0.1, 0.15) is 12.7 Å². The maximum Gasteiger partial charge on any atom is 0.146 e. The van der Waals surface area contributed by atoms with Gasteiger partial charge in [0.15, 0.2) is 0 Å². The van der Waals surface area contributed by atoms with Crippen molar-refractivity contribution in [1.82, 2.24) is 14.8 Å². The van der Waals surface area contributed by atoms with E-state index in [0.29, 0.717) is 6.54 Å². The summed E-state index contributed by atoms with van der Waals surface area (Å²) < 4.78 is 9.01. The van der Waals surface area contributed by atoms with Gasteiger partial charge in [-0.1, -0.05) is 0 Å². The van der Waals surface area contributed by atoms with E-state index < -0.39 is 0 Å². The summed E-state index contributed by atoms with van der Waals surface area (Å²) in [5.41, 5.74) is 0.950. The number of benzene rings is 1. The molecule has 0 fully saturated rings. The lowest BCUT2D eigenvalue weighted by Crippen LogP contribution is -2.09. The number of hydrogen-bond acceptors (Lipinski definition) is 4. The van der Waals surface area contributed by atoms with Gasteiger partial charge < -0.3 is 10.1 Å². The van der Waals surface area contributed by atoms with Crippen LogP contribution in [0.15, 0.2) is 27.4 Å². The Bertz CT molecular complexity index is 571. The molecule has 0 bridgehead atoms. The van der Waals surface area contributed by atoms with E-state index in [1.807, 2.05) is 23.7 Å². The first-order chi connectivity index (χ1) is 9.15. The molecule has 0 saturated heterocycles. The Hall–Kier alpha value is -1.08. The Labute approximate surface area is 128 Å². The molecule has 102 valence electrons. The number of aryl methyl sites for hydroxylation is 1. The Kier molecular flexibility index (Phi) is 4.81. The molecule has 1 heterocycles. The minimum atomic E-state index is 0.608. The fourth-order valence-electron chi connectivity index (χ4n) is 1.68. The summed E-state index contributed by atoms with van der Waals surface area (Å²) in [6, 6.07) is 3.88. The number of hydrogen-bond donors (Lipinski definition) is 1. The van der Waals surface area contributed by atoms with Crippen molar-refractivity contribution in [3.63, 3.8) is 0 Å².